The van der Waals surface area contributed by atoms with Gasteiger partial charge in [0, 0.05) is 18.3 Å². The third-order valence-electron chi connectivity index (χ3n) is 5.44. The van der Waals surface area contributed by atoms with E-state index in [1.165, 1.54) is 17.0 Å². The highest BCUT2D eigenvalue weighted by Crippen LogP contribution is 2.30. The maximum absolute atomic E-state index is 13.9. The van der Waals surface area contributed by atoms with Gasteiger partial charge in [-0.25, -0.2) is 14.4 Å². The fourth-order valence-corrected chi connectivity index (χ4v) is 3.81. The molecule has 3 unspecified atom stereocenters. The van der Waals surface area contributed by atoms with Crippen LogP contribution in [0.5, 0.6) is 5.75 Å². The van der Waals surface area contributed by atoms with Crippen LogP contribution in [0.25, 0.3) is 0 Å². The molecule has 0 spiro atoms. The number of likely N-dealkylation sites (tertiary alicyclic amines) is 1. The third kappa shape index (κ3) is 4.26. The molecule has 2 fully saturated rings. The van der Waals surface area contributed by atoms with Gasteiger partial charge < -0.3 is 24.9 Å². The third-order valence-corrected chi connectivity index (χ3v) is 5.98. The number of hydrogen-bond acceptors (Lipinski definition) is 7. The van der Waals surface area contributed by atoms with Crippen molar-refractivity contribution < 1.29 is 23.8 Å². The Kier molecular flexibility index (Phi) is 5.92. The molecule has 3 heterocycles. The van der Waals surface area contributed by atoms with Crippen molar-refractivity contribution in [1.29, 1.82) is 5.41 Å². The van der Waals surface area contributed by atoms with Crippen molar-refractivity contribution in [3.05, 3.63) is 51.8 Å². The van der Waals surface area contributed by atoms with E-state index < -0.39 is 29.9 Å². The molecule has 8 nitrogen and oxygen atoms in total. The van der Waals surface area contributed by atoms with Gasteiger partial charge in [0.25, 0.3) is 5.91 Å². The Labute approximate surface area is 183 Å². The summed E-state index contributed by atoms with van der Waals surface area (Å²) in [5.41, 5.74) is 1.69. The van der Waals surface area contributed by atoms with E-state index in [0.29, 0.717) is 27.9 Å². The van der Waals surface area contributed by atoms with Crippen molar-refractivity contribution >= 4 is 23.2 Å². The fraction of sp³-hybridized carbons (Fsp3) is 0.429. The minimum atomic E-state index is -0.857. The molecule has 3 atom stereocenters. The number of aryl methyl sites for hydroxylation is 2. The average Bonchev–Trinajstić information content (AvgIpc) is 3.31. The molecule has 2 aliphatic heterocycles. The van der Waals surface area contributed by atoms with Gasteiger partial charge in [-0.2, -0.15) is 0 Å². The molecular weight excluding hydrogens is 427 g/mol. The minimum Gasteiger partial charge on any atom is -0.484 e. The lowest BCUT2D eigenvalue weighted by atomic mass is 10.1. The van der Waals surface area contributed by atoms with Crippen LogP contribution in [0.1, 0.15) is 33.5 Å². The number of aliphatic hydroxyl groups excluding tert-OH is 1. The summed E-state index contributed by atoms with van der Waals surface area (Å²) in [5, 5.41) is 18.8. The Hall–Kier alpha value is -2.62. The van der Waals surface area contributed by atoms with E-state index in [-0.39, 0.29) is 37.6 Å². The van der Waals surface area contributed by atoms with Crippen LogP contribution in [0.3, 0.4) is 0 Å². The summed E-state index contributed by atoms with van der Waals surface area (Å²) in [6.45, 7) is 4.11. The maximum Gasteiger partial charge on any atom is 0.257 e. The maximum atomic E-state index is 13.9. The second kappa shape index (κ2) is 8.49. The Bertz CT molecular complexity index is 1030. The molecule has 0 aliphatic carbocycles. The van der Waals surface area contributed by atoms with Crippen molar-refractivity contribution in [2.24, 2.45) is 0 Å². The van der Waals surface area contributed by atoms with Gasteiger partial charge in [0.05, 0.1) is 47.7 Å². The van der Waals surface area contributed by atoms with E-state index in [2.05, 4.69) is 9.97 Å². The summed E-state index contributed by atoms with van der Waals surface area (Å²) in [6.07, 6.45) is -1.55. The Balaban J connectivity index is 1.57. The molecule has 4 rings (SSSR count). The molecule has 31 heavy (non-hydrogen) atoms. The Morgan fingerprint density at radius 1 is 1.32 bits per heavy atom. The number of benzene rings is 1. The van der Waals surface area contributed by atoms with Gasteiger partial charge in [-0.3, -0.25) is 4.79 Å². The fourth-order valence-electron chi connectivity index (χ4n) is 3.73. The van der Waals surface area contributed by atoms with Crippen LogP contribution in [-0.2, 0) is 4.74 Å². The van der Waals surface area contributed by atoms with Gasteiger partial charge >= 0.3 is 0 Å². The molecule has 1 amide bonds. The number of aromatic nitrogens is 2. The molecule has 2 saturated heterocycles. The van der Waals surface area contributed by atoms with Crippen molar-refractivity contribution in [2.45, 2.75) is 32.0 Å². The quantitative estimate of drug-likeness (QED) is 0.742. The summed E-state index contributed by atoms with van der Waals surface area (Å²) in [6, 6.07) is 3.64. The predicted octanol–water partition coefficient (Wildman–Crippen LogP) is 2.28. The van der Waals surface area contributed by atoms with Crippen LogP contribution in [0.4, 0.5) is 4.39 Å². The summed E-state index contributed by atoms with van der Waals surface area (Å²) in [5.74, 6) is -0.940. The zero-order valence-corrected chi connectivity index (χ0v) is 17.8. The largest absolute Gasteiger partial charge is 0.484 e. The predicted molar refractivity (Wildman–Crippen MR) is 111 cm³/mol. The number of carbonyl (C=O) groups excluding carboxylic acids is 1. The van der Waals surface area contributed by atoms with Crippen LogP contribution >= 0.6 is 11.6 Å². The molecule has 0 radical (unpaired) electrons. The topological polar surface area (TPSA) is 109 Å². The van der Waals surface area contributed by atoms with Crippen LogP contribution in [0.15, 0.2) is 18.2 Å². The number of nitrogens with one attached hydrogen (secondary N) is 1. The molecule has 1 aromatic heterocycles. The smallest absolute Gasteiger partial charge is 0.257 e. The van der Waals surface area contributed by atoms with E-state index in [9.17, 15) is 14.3 Å². The van der Waals surface area contributed by atoms with E-state index >= 15 is 0 Å². The first-order valence-electron chi connectivity index (χ1n) is 9.83. The number of carbonyl (C=O) groups is 1. The normalized spacial score (nSPS) is 23.5. The van der Waals surface area contributed by atoms with Crippen LogP contribution in [0.2, 0.25) is 5.02 Å². The van der Waals surface area contributed by atoms with E-state index in [0.717, 1.165) is 6.07 Å². The van der Waals surface area contributed by atoms with Gasteiger partial charge in [-0.05, 0) is 26.0 Å². The highest BCUT2D eigenvalue weighted by Gasteiger charge is 2.36. The SMILES string of the molecule is Cc1nc(C2CN(C(=O)c3ccc(F)cc3OC3COCC3O)CC2=N)nc(C)c1Cl. The van der Waals surface area contributed by atoms with Gasteiger partial charge in [-0.15, -0.1) is 0 Å². The number of nitrogens with zero attached hydrogens (tertiary/aromatic N) is 3. The standard InChI is InChI=1S/C21H22ClFN4O4/c1-10-19(22)11(2)26-20(25-10)14-6-27(7-15(14)24)21(29)13-4-3-12(23)5-17(13)31-18-9-30-8-16(18)28/h3-5,14,16,18,24,28H,6-9H2,1-2H3. The molecule has 2 aromatic rings. The zero-order valence-electron chi connectivity index (χ0n) is 17.1. The van der Waals surface area contributed by atoms with Gasteiger partial charge in [0.1, 0.15) is 29.6 Å². The lowest BCUT2D eigenvalue weighted by Crippen LogP contribution is -2.32. The molecule has 2 aliphatic rings. The molecule has 0 bridgehead atoms. The first kappa shape index (κ1) is 21.6. The second-order valence-electron chi connectivity index (χ2n) is 7.73. The number of amides is 1. The van der Waals surface area contributed by atoms with Crippen LogP contribution in [-0.4, -0.2) is 70.1 Å². The van der Waals surface area contributed by atoms with Crippen molar-refractivity contribution in [2.75, 3.05) is 26.3 Å². The van der Waals surface area contributed by atoms with Crippen molar-refractivity contribution in [1.82, 2.24) is 14.9 Å². The minimum absolute atomic E-state index is 0.0314. The monoisotopic (exact) mass is 448 g/mol. The van der Waals surface area contributed by atoms with Gasteiger partial charge in [-0.1, -0.05) is 11.6 Å². The molecular formula is C21H22ClFN4O4. The number of aliphatic hydroxyl groups is 1. The lowest BCUT2D eigenvalue weighted by molar-refractivity contribution is 0.0683. The molecule has 2 N–H and O–H groups in total. The summed E-state index contributed by atoms with van der Waals surface area (Å²) in [4.78, 5) is 23.5. The van der Waals surface area contributed by atoms with E-state index in [1.54, 1.807) is 13.8 Å². The summed E-state index contributed by atoms with van der Waals surface area (Å²) in [7, 11) is 0. The second-order valence-corrected chi connectivity index (χ2v) is 8.11. The number of rotatable bonds is 4. The Morgan fingerprint density at radius 3 is 2.68 bits per heavy atom. The first-order chi connectivity index (χ1) is 14.7. The van der Waals surface area contributed by atoms with Crippen molar-refractivity contribution in [3.8, 4) is 5.75 Å². The van der Waals surface area contributed by atoms with Crippen LogP contribution < -0.4 is 4.74 Å². The number of hydrogen-bond donors (Lipinski definition) is 2. The highest BCUT2D eigenvalue weighted by molar-refractivity contribution is 6.31. The highest BCUT2D eigenvalue weighted by atomic mass is 35.5. The summed E-state index contributed by atoms with van der Waals surface area (Å²) >= 11 is 6.15. The van der Waals surface area contributed by atoms with Gasteiger partial charge in [0.2, 0.25) is 0 Å². The van der Waals surface area contributed by atoms with E-state index in [4.69, 9.17) is 26.5 Å². The zero-order chi connectivity index (χ0) is 22.3. The molecule has 1 aromatic carbocycles. The average molecular weight is 449 g/mol. The number of halogens is 2. The van der Waals surface area contributed by atoms with E-state index in [1.807, 2.05) is 0 Å². The Morgan fingerprint density at radius 2 is 2.03 bits per heavy atom. The van der Waals surface area contributed by atoms with Gasteiger partial charge in [0.15, 0.2) is 0 Å². The van der Waals surface area contributed by atoms with Crippen LogP contribution in [0, 0.1) is 25.1 Å². The molecule has 164 valence electrons. The molecule has 0 saturated carbocycles. The lowest BCUT2D eigenvalue weighted by Gasteiger charge is -2.21. The van der Waals surface area contributed by atoms with Crippen molar-refractivity contribution in [3.63, 3.8) is 0 Å². The number of ether oxygens (including phenoxy) is 2. The first-order valence-corrected chi connectivity index (χ1v) is 10.2. The summed E-state index contributed by atoms with van der Waals surface area (Å²) < 4.78 is 24.7. The molecule has 10 heteroatoms.